The van der Waals surface area contributed by atoms with E-state index < -0.39 is 10.0 Å². The van der Waals surface area contributed by atoms with Crippen molar-refractivity contribution in [3.05, 3.63) is 65.7 Å². The van der Waals surface area contributed by atoms with Crippen molar-refractivity contribution in [2.24, 2.45) is 0 Å². The van der Waals surface area contributed by atoms with Crippen molar-refractivity contribution in [1.29, 1.82) is 0 Å². The Hall–Kier alpha value is -2.51. The maximum atomic E-state index is 12.7. The molecule has 0 spiro atoms. The number of likely N-dealkylation sites (N-methyl/N-ethyl adjacent to an activating group) is 2. The van der Waals surface area contributed by atoms with Crippen LogP contribution in [0, 0.1) is 0 Å². The van der Waals surface area contributed by atoms with Crippen LogP contribution in [0.1, 0.15) is 35.8 Å². The Labute approximate surface area is 160 Å². The molecule has 0 unspecified atom stereocenters. The van der Waals surface area contributed by atoms with Crippen LogP contribution in [0.2, 0.25) is 0 Å². The monoisotopic (exact) mass is 388 g/mol. The number of Topliss-reactive ketones (excluding diaryl/α,β-unsaturated/α-hetero) is 1. The Kier molecular flexibility index (Phi) is 6.51. The first kappa shape index (κ1) is 20.8. The molecule has 0 saturated heterocycles. The molecule has 1 atom stereocenters. The van der Waals surface area contributed by atoms with E-state index in [9.17, 15) is 18.0 Å². The van der Waals surface area contributed by atoms with E-state index in [2.05, 4.69) is 0 Å². The fraction of sp³-hybridized carbons (Fsp3) is 0.300. The fourth-order valence-corrected chi connectivity index (χ4v) is 3.72. The lowest BCUT2D eigenvalue weighted by Gasteiger charge is -2.27. The Morgan fingerprint density at radius 3 is 2.04 bits per heavy atom. The van der Waals surface area contributed by atoms with Crippen molar-refractivity contribution in [3.63, 3.8) is 0 Å². The van der Waals surface area contributed by atoms with Gasteiger partial charge in [0.2, 0.25) is 15.9 Å². The highest BCUT2D eigenvalue weighted by Gasteiger charge is 2.26. The molecule has 0 fully saturated rings. The summed E-state index contributed by atoms with van der Waals surface area (Å²) in [6, 6.07) is 15.0. The molecule has 0 saturated carbocycles. The molecule has 0 aromatic heterocycles. The third kappa shape index (κ3) is 4.81. The van der Waals surface area contributed by atoms with Gasteiger partial charge in [-0.2, -0.15) is 4.31 Å². The number of carbonyl (C=O) groups is 2. The smallest absolute Gasteiger partial charge is 0.243 e. The Morgan fingerprint density at radius 2 is 1.52 bits per heavy atom. The van der Waals surface area contributed by atoms with Crippen molar-refractivity contribution in [2.75, 3.05) is 20.6 Å². The largest absolute Gasteiger partial charge is 0.338 e. The minimum Gasteiger partial charge on any atom is -0.338 e. The Bertz CT molecular complexity index is 909. The summed E-state index contributed by atoms with van der Waals surface area (Å²) in [5.74, 6) is -0.447. The number of hydrogen-bond acceptors (Lipinski definition) is 4. The lowest BCUT2D eigenvalue weighted by Crippen LogP contribution is -2.40. The average molecular weight is 388 g/mol. The van der Waals surface area contributed by atoms with Gasteiger partial charge in [-0.05, 0) is 31.5 Å². The van der Waals surface area contributed by atoms with Gasteiger partial charge in [0.1, 0.15) is 0 Å². The topological polar surface area (TPSA) is 74.8 Å². The van der Waals surface area contributed by atoms with Crippen LogP contribution in [0.4, 0.5) is 0 Å². The average Bonchev–Trinajstić information content (AvgIpc) is 2.67. The molecule has 0 aliphatic rings. The summed E-state index contributed by atoms with van der Waals surface area (Å²) in [5, 5.41) is 0. The second-order valence-corrected chi connectivity index (χ2v) is 8.48. The SMILES string of the molecule is CC(=O)c1ccc(S(=O)(=O)N(C)CC(=O)N(C)[C@H](C)c2ccccc2)cc1. The van der Waals surface area contributed by atoms with Crippen molar-refractivity contribution in [1.82, 2.24) is 9.21 Å². The Balaban J connectivity index is 2.11. The zero-order chi connectivity index (χ0) is 20.2. The summed E-state index contributed by atoms with van der Waals surface area (Å²) in [6.45, 7) is 3.03. The summed E-state index contributed by atoms with van der Waals surface area (Å²) in [7, 11) is -0.803. The Morgan fingerprint density at radius 1 is 0.963 bits per heavy atom. The van der Waals surface area contributed by atoms with E-state index in [0.29, 0.717) is 5.56 Å². The highest BCUT2D eigenvalue weighted by molar-refractivity contribution is 7.89. The molecule has 0 bridgehead atoms. The van der Waals surface area contributed by atoms with Crippen LogP contribution in [-0.4, -0.2) is 50.0 Å². The molecule has 2 aromatic rings. The quantitative estimate of drug-likeness (QED) is 0.684. The van der Waals surface area contributed by atoms with Gasteiger partial charge >= 0.3 is 0 Å². The molecule has 1 amide bonds. The zero-order valence-electron chi connectivity index (χ0n) is 15.9. The van der Waals surface area contributed by atoms with Crippen LogP contribution in [0.25, 0.3) is 0 Å². The van der Waals surface area contributed by atoms with Gasteiger partial charge in [-0.15, -0.1) is 0 Å². The fourth-order valence-electron chi connectivity index (χ4n) is 2.60. The molecule has 0 radical (unpaired) electrons. The van der Waals surface area contributed by atoms with Gasteiger partial charge in [0.15, 0.2) is 5.78 Å². The number of carbonyl (C=O) groups excluding carboxylic acids is 2. The lowest BCUT2D eigenvalue weighted by atomic mass is 10.1. The first-order valence-corrected chi connectivity index (χ1v) is 9.96. The summed E-state index contributed by atoms with van der Waals surface area (Å²) in [4.78, 5) is 25.5. The van der Waals surface area contributed by atoms with Gasteiger partial charge in [-0.1, -0.05) is 42.5 Å². The van der Waals surface area contributed by atoms with Crippen LogP contribution in [-0.2, 0) is 14.8 Å². The highest BCUT2D eigenvalue weighted by atomic mass is 32.2. The van der Waals surface area contributed by atoms with Crippen LogP contribution < -0.4 is 0 Å². The van der Waals surface area contributed by atoms with Crippen LogP contribution in [0.3, 0.4) is 0 Å². The van der Waals surface area contributed by atoms with Gasteiger partial charge in [0.05, 0.1) is 17.5 Å². The van der Waals surface area contributed by atoms with Crippen molar-refractivity contribution in [3.8, 4) is 0 Å². The van der Waals surface area contributed by atoms with Gasteiger partial charge in [-0.25, -0.2) is 8.42 Å². The highest BCUT2D eigenvalue weighted by Crippen LogP contribution is 2.20. The predicted molar refractivity (Wildman–Crippen MR) is 104 cm³/mol. The zero-order valence-corrected chi connectivity index (χ0v) is 16.7. The molecule has 0 aliphatic heterocycles. The molecular formula is C20H24N2O4S. The molecule has 7 heteroatoms. The number of sulfonamides is 1. The molecule has 27 heavy (non-hydrogen) atoms. The van der Waals surface area contributed by atoms with E-state index in [-0.39, 0.29) is 29.2 Å². The lowest BCUT2D eigenvalue weighted by molar-refractivity contribution is -0.131. The third-order valence-electron chi connectivity index (χ3n) is 4.58. The van der Waals surface area contributed by atoms with E-state index in [4.69, 9.17) is 0 Å². The number of amides is 1. The maximum absolute atomic E-state index is 12.7. The van der Waals surface area contributed by atoms with Crippen molar-refractivity contribution in [2.45, 2.75) is 24.8 Å². The number of rotatable bonds is 7. The van der Waals surface area contributed by atoms with Gasteiger partial charge in [0.25, 0.3) is 0 Å². The van der Waals surface area contributed by atoms with E-state index in [1.165, 1.54) is 43.1 Å². The summed E-state index contributed by atoms with van der Waals surface area (Å²) in [6.07, 6.45) is 0. The number of benzene rings is 2. The first-order valence-electron chi connectivity index (χ1n) is 8.52. The minimum atomic E-state index is -3.83. The minimum absolute atomic E-state index is 0.0431. The van der Waals surface area contributed by atoms with Crippen molar-refractivity contribution >= 4 is 21.7 Å². The molecule has 0 heterocycles. The number of ketones is 1. The van der Waals surface area contributed by atoms with E-state index in [1.54, 1.807) is 7.05 Å². The molecule has 144 valence electrons. The van der Waals surface area contributed by atoms with Crippen LogP contribution in [0.15, 0.2) is 59.5 Å². The standard InChI is InChI=1S/C20H24N2O4S/c1-15(17-8-6-5-7-9-17)22(4)20(24)14-21(3)27(25,26)19-12-10-18(11-13-19)16(2)23/h5-13,15H,14H2,1-4H3/t15-/m1/s1. The second-order valence-electron chi connectivity index (χ2n) is 6.43. The predicted octanol–water partition coefficient (Wildman–Crippen LogP) is 2.73. The molecule has 2 aromatic carbocycles. The number of hydrogen-bond donors (Lipinski definition) is 0. The van der Waals surface area contributed by atoms with Crippen LogP contribution >= 0.6 is 0 Å². The number of nitrogens with zero attached hydrogens (tertiary/aromatic N) is 2. The normalized spacial score (nSPS) is 12.6. The second kappa shape index (κ2) is 8.45. The van der Waals surface area contributed by atoms with Gasteiger partial charge in [0, 0.05) is 19.7 Å². The molecule has 0 N–H and O–H groups in total. The summed E-state index contributed by atoms with van der Waals surface area (Å²) >= 11 is 0. The molecule has 0 aliphatic carbocycles. The van der Waals surface area contributed by atoms with Crippen molar-refractivity contribution < 1.29 is 18.0 Å². The van der Waals surface area contributed by atoms with E-state index >= 15 is 0 Å². The molecule has 6 nitrogen and oxygen atoms in total. The maximum Gasteiger partial charge on any atom is 0.243 e. The third-order valence-corrected chi connectivity index (χ3v) is 6.40. The summed E-state index contributed by atoms with van der Waals surface area (Å²) < 4.78 is 26.4. The van der Waals surface area contributed by atoms with E-state index in [0.717, 1.165) is 9.87 Å². The first-order chi connectivity index (χ1) is 12.6. The molecule has 2 rings (SSSR count). The molecular weight excluding hydrogens is 364 g/mol. The van der Waals surface area contributed by atoms with Gasteiger partial charge in [-0.3, -0.25) is 9.59 Å². The van der Waals surface area contributed by atoms with Gasteiger partial charge < -0.3 is 4.90 Å². The van der Waals surface area contributed by atoms with E-state index in [1.807, 2.05) is 37.3 Å². The summed E-state index contributed by atoms with van der Waals surface area (Å²) in [5.41, 5.74) is 1.41. The van der Waals surface area contributed by atoms with Crippen LogP contribution in [0.5, 0.6) is 0 Å².